The number of rotatable bonds is 6. The molecule has 2 N–H and O–H groups in total. The number of nitrogens with one attached hydrogen (secondary N) is 2. The van der Waals surface area contributed by atoms with E-state index in [0.717, 1.165) is 12.8 Å². The van der Waals surface area contributed by atoms with Gasteiger partial charge in [-0.15, -0.1) is 0 Å². The maximum Gasteiger partial charge on any atom is 0.237 e. The van der Waals surface area contributed by atoms with E-state index in [1.54, 1.807) is 7.05 Å². The average Bonchev–Trinajstić information content (AvgIpc) is 2.43. The zero-order chi connectivity index (χ0) is 14.4. The van der Waals surface area contributed by atoms with Crippen molar-refractivity contribution in [3.63, 3.8) is 0 Å². The summed E-state index contributed by atoms with van der Waals surface area (Å²) in [7, 11) is 1.75. The van der Waals surface area contributed by atoms with Crippen LogP contribution in [0.4, 0.5) is 0 Å². The van der Waals surface area contributed by atoms with Gasteiger partial charge < -0.3 is 10.6 Å². The van der Waals surface area contributed by atoms with Gasteiger partial charge in [-0.25, -0.2) is 0 Å². The van der Waals surface area contributed by atoms with Crippen LogP contribution in [0.25, 0.3) is 0 Å². The minimum Gasteiger partial charge on any atom is -0.345 e. The van der Waals surface area contributed by atoms with Gasteiger partial charge in [0.25, 0.3) is 0 Å². The minimum atomic E-state index is -0.302. The lowest BCUT2D eigenvalue weighted by molar-refractivity contribution is -0.131. The SMILES string of the molecule is CN[C@@H](C)C(=O)N[C@H](C(=O)C(C)C)C1CCCCC1. The highest BCUT2D eigenvalue weighted by molar-refractivity contribution is 5.91. The number of hydrogen-bond acceptors (Lipinski definition) is 3. The molecule has 1 amide bonds. The van der Waals surface area contributed by atoms with E-state index in [-0.39, 0.29) is 29.7 Å². The fourth-order valence-corrected chi connectivity index (χ4v) is 2.66. The normalized spacial score (nSPS) is 20.1. The van der Waals surface area contributed by atoms with Crippen LogP contribution >= 0.6 is 0 Å². The van der Waals surface area contributed by atoms with Gasteiger partial charge in [0, 0.05) is 5.92 Å². The van der Waals surface area contributed by atoms with Crippen LogP contribution < -0.4 is 10.6 Å². The number of hydrogen-bond donors (Lipinski definition) is 2. The standard InChI is InChI=1S/C15H28N2O2/c1-10(2)14(18)13(12-8-6-5-7-9-12)17-15(19)11(3)16-4/h10-13,16H,5-9H2,1-4H3,(H,17,19)/t11-,13-/m0/s1. The second-order valence-electron chi connectivity index (χ2n) is 5.95. The third-order valence-electron chi connectivity index (χ3n) is 4.12. The van der Waals surface area contributed by atoms with Crippen LogP contribution in [-0.2, 0) is 9.59 Å². The van der Waals surface area contributed by atoms with Crippen LogP contribution in [0.1, 0.15) is 52.9 Å². The molecule has 0 spiro atoms. The van der Waals surface area contributed by atoms with Crippen molar-refractivity contribution in [1.29, 1.82) is 0 Å². The summed E-state index contributed by atoms with van der Waals surface area (Å²) in [5, 5.41) is 5.89. The third kappa shape index (κ3) is 4.60. The van der Waals surface area contributed by atoms with Crippen molar-refractivity contribution in [2.24, 2.45) is 11.8 Å². The van der Waals surface area contributed by atoms with Crippen LogP contribution in [0.3, 0.4) is 0 Å². The van der Waals surface area contributed by atoms with Crippen molar-refractivity contribution in [3.05, 3.63) is 0 Å². The summed E-state index contributed by atoms with van der Waals surface area (Å²) in [4.78, 5) is 24.4. The molecule has 1 aliphatic carbocycles. The maximum atomic E-state index is 12.4. The molecule has 1 aliphatic rings. The van der Waals surface area contributed by atoms with Crippen LogP contribution in [0.15, 0.2) is 0 Å². The van der Waals surface area contributed by atoms with E-state index in [1.807, 2.05) is 20.8 Å². The molecule has 0 radical (unpaired) electrons. The summed E-state index contributed by atoms with van der Waals surface area (Å²) in [6.45, 7) is 5.63. The van der Waals surface area contributed by atoms with Crippen molar-refractivity contribution in [3.8, 4) is 0 Å². The predicted molar refractivity (Wildman–Crippen MR) is 76.9 cm³/mol. The molecule has 1 fully saturated rings. The Morgan fingerprint density at radius 3 is 2.11 bits per heavy atom. The van der Waals surface area contributed by atoms with Crippen molar-refractivity contribution >= 4 is 11.7 Å². The van der Waals surface area contributed by atoms with Gasteiger partial charge >= 0.3 is 0 Å². The molecule has 1 rings (SSSR count). The summed E-state index contributed by atoms with van der Waals surface area (Å²) in [5.74, 6) is 0.379. The van der Waals surface area contributed by atoms with Gasteiger partial charge in [0.2, 0.25) is 5.91 Å². The largest absolute Gasteiger partial charge is 0.345 e. The number of ketones is 1. The Labute approximate surface area is 116 Å². The molecule has 19 heavy (non-hydrogen) atoms. The first kappa shape index (κ1) is 16.2. The van der Waals surface area contributed by atoms with E-state index in [2.05, 4.69) is 10.6 Å². The minimum absolute atomic E-state index is 0.0304. The molecular weight excluding hydrogens is 240 g/mol. The second-order valence-corrected chi connectivity index (χ2v) is 5.95. The molecule has 0 aromatic rings. The summed E-state index contributed by atoms with van der Waals surface area (Å²) >= 11 is 0. The molecule has 2 atom stereocenters. The number of Topliss-reactive ketones (excluding diaryl/α,β-unsaturated/α-hetero) is 1. The smallest absolute Gasteiger partial charge is 0.237 e. The fraction of sp³-hybridized carbons (Fsp3) is 0.867. The molecule has 0 saturated heterocycles. The molecule has 110 valence electrons. The summed E-state index contributed by atoms with van der Waals surface area (Å²) in [5.41, 5.74) is 0. The first-order valence-electron chi connectivity index (χ1n) is 7.48. The lowest BCUT2D eigenvalue weighted by Crippen LogP contribution is -2.52. The number of carbonyl (C=O) groups is 2. The molecule has 4 heteroatoms. The van der Waals surface area contributed by atoms with E-state index in [4.69, 9.17) is 0 Å². The van der Waals surface area contributed by atoms with Crippen molar-refractivity contribution in [1.82, 2.24) is 10.6 Å². The predicted octanol–water partition coefficient (Wildman–Crippen LogP) is 1.88. The van der Waals surface area contributed by atoms with Crippen molar-refractivity contribution < 1.29 is 9.59 Å². The van der Waals surface area contributed by atoms with Gasteiger partial charge in [-0.3, -0.25) is 9.59 Å². The highest BCUT2D eigenvalue weighted by atomic mass is 16.2. The molecule has 0 aromatic carbocycles. The van der Waals surface area contributed by atoms with Crippen molar-refractivity contribution in [2.45, 2.75) is 65.0 Å². The Morgan fingerprint density at radius 1 is 1.05 bits per heavy atom. The van der Waals surface area contributed by atoms with Crippen LogP contribution in [0.2, 0.25) is 0 Å². The van der Waals surface area contributed by atoms with Gasteiger partial charge in [-0.2, -0.15) is 0 Å². The Morgan fingerprint density at radius 2 is 1.63 bits per heavy atom. The van der Waals surface area contributed by atoms with Gasteiger partial charge in [0.1, 0.15) is 0 Å². The Hall–Kier alpha value is -0.900. The van der Waals surface area contributed by atoms with Crippen molar-refractivity contribution in [2.75, 3.05) is 7.05 Å². The molecule has 0 aromatic heterocycles. The fourth-order valence-electron chi connectivity index (χ4n) is 2.66. The number of amides is 1. The molecule has 0 heterocycles. The number of carbonyl (C=O) groups excluding carboxylic acids is 2. The van der Waals surface area contributed by atoms with Crippen LogP contribution in [-0.4, -0.2) is 30.8 Å². The zero-order valence-corrected chi connectivity index (χ0v) is 12.7. The van der Waals surface area contributed by atoms with E-state index in [9.17, 15) is 9.59 Å². The molecule has 0 aliphatic heterocycles. The highest BCUT2D eigenvalue weighted by Gasteiger charge is 2.32. The summed E-state index contributed by atoms with van der Waals surface area (Å²) in [6.07, 6.45) is 5.70. The van der Waals surface area contributed by atoms with E-state index in [1.165, 1.54) is 19.3 Å². The summed E-state index contributed by atoms with van der Waals surface area (Å²) < 4.78 is 0. The lowest BCUT2D eigenvalue weighted by Gasteiger charge is -2.31. The molecular formula is C15H28N2O2. The van der Waals surface area contributed by atoms with Crippen LogP contribution in [0, 0.1) is 11.8 Å². The first-order chi connectivity index (χ1) is 8.97. The maximum absolute atomic E-state index is 12.4. The Balaban J connectivity index is 2.74. The van der Waals surface area contributed by atoms with Gasteiger partial charge in [-0.1, -0.05) is 33.1 Å². The molecule has 0 unspecified atom stereocenters. The third-order valence-corrected chi connectivity index (χ3v) is 4.12. The lowest BCUT2D eigenvalue weighted by atomic mass is 9.80. The molecule has 1 saturated carbocycles. The zero-order valence-electron chi connectivity index (χ0n) is 12.7. The summed E-state index contributed by atoms with van der Waals surface area (Å²) in [6, 6.07) is -0.561. The quantitative estimate of drug-likeness (QED) is 0.773. The van der Waals surface area contributed by atoms with E-state index in [0.29, 0.717) is 5.92 Å². The van der Waals surface area contributed by atoms with Crippen LogP contribution in [0.5, 0.6) is 0 Å². The monoisotopic (exact) mass is 268 g/mol. The van der Waals surface area contributed by atoms with Gasteiger partial charge in [-0.05, 0) is 32.7 Å². The Bertz CT molecular complexity index is 309. The Kier molecular flexibility index (Phi) is 6.49. The second kappa shape index (κ2) is 7.63. The molecule has 4 nitrogen and oxygen atoms in total. The van der Waals surface area contributed by atoms with Gasteiger partial charge in [0.05, 0.1) is 12.1 Å². The van der Waals surface area contributed by atoms with Gasteiger partial charge in [0.15, 0.2) is 5.78 Å². The van der Waals surface area contributed by atoms with E-state index >= 15 is 0 Å². The number of likely N-dealkylation sites (N-methyl/N-ethyl adjacent to an activating group) is 1. The topological polar surface area (TPSA) is 58.2 Å². The molecule has 0 bridgehead atoms. The average molecular weight is 268 g/mol. The van der Waals surface area contributed by atoms with E-state index < -0.39 is 0 Å². The first-order valence-corrected chi connectivity index (χ1v) is 7.48. The highest BCUT2D eigenvalue weighted by Crippen LogP contribution is 2.28.